The lowest BCUT2D eigenvalue weighted by molar-refractivity contribution is -0.123. The molecule has 1 fully saturated rings. The van der Waals surface area contributed by atoms with Crippen molar-refractivity contribution in [1.29, 1.82) is 0 Å². The summed E-state index contributed by atoms with van der Waals surface area (Å²) in [6.45, 7) is -0.0536. The normalized spacial score (nSPS) is 21.7. The summed E-state index contributed by atoms with van der Waals surface area (Å²) >= 11 is 0. The SMILES string of the molecule is O=C1[C@@H]2[C@@H](N=NN2Cc2ccccc2F)C(=O)N1c1ccc(F)c(F)c1. The van der Waals surface area contributed by atoms with Gasteiger partial charge in [-0.05, 0) is 18.2 Å². The number of hydrogen-bond donors (Lipinski definition) is 0. The summed E-state index contributed by atoms with van der Waals surface area (Å²) in [5.74, 6) is -4.10. The van der Waals surface area contributed by atoms with Crippen molar-refractivity contribution in [2.45, 2.75) is 18.6 Å². The van der Waals surface area contributed by atoms with Crippen molar-refractivity contribution in [3.8, 4) is 0 Å². The summed E-state index contributed by atoms with van der Waals surface area (Å²) in [6.07, 6.45) is 0. The maximum Gasteiger partial charge on any atom is 0.263 e. The van der Waals surface area contributed by atoms with Gasteiger partial charge in [-0.15, -0.1) is 0 Å². The van der Waals surface area contributed by atoms with E-state index in [1.54, 1.807) is 6.07 Å². The molecule has 0 radical (unpaired) electrons. The van der Waals surface area contributed by atoms with Crippen LogP contribution in [0.4, 0.5) is 18.9 Å². The molecule has 26 heavy (non-hydrogen) atoms. The summed E-state index contributed by atoms with van der Waals surface area (Å²) in [5, 5.41) is 8.83. The Labute approximate surface area is 145 Å². The molecule has 2 heterocycles. The summed E-state index contributed by atoms with van der Waals surface area (Å²) in [7, 11) is 0. The van der Waals surface area contributed by atoms with Crippen LogP contribution >= 0.6 is 0 Å². The zero-order chi connectivity index (χ0) is 18.4. The molecule has 2 atom stereocenters. The van der Waals surface area contributed by atoms with E-state index in [2.05, 4.69) is 10.3 Å². The van der Waals surface area contributed by atoms with Crippen LogP contribution in [0.1, 0.15) is 5.56 Å². The smallest absolute Gasteiger partial charge is 0.263 e. The molecule has 0 bridgehead atoms. The third-order valence-corrected chi connectivity index (χ3v) is 4.31. The molecule has 4 rings (SSSR count). The first-order valence-electron chi connectivity index (χ1n) is 7.71. The molecule has 1 saturated heterocycles. The molecule has 9 heteroatoms. The molecule has 2 aliphatic rings. The molecular weight excluding hydrogens is 349 g/mol. The van der Waals surface area contributed by atoms with Gasteiger partial charge >= 0.3 is 0 Å². The van der Waals surface area contributed by atoms with Crippen LogP contribution in [0, 0.1) is 17.5 Å². The summed E-state index contributed by atoms with van der Waals surface area (Å²) < 4.78 is 40.4. The van der Waals surface area contributed by atoms with Crippen LogP contribution < -0.4 is 4.90 Å². The molecule has 0 aromatic heterocycles. The fourth-order valence-electron chi connectivity index (χ4n) is 3.03. The summed E-state index contributed by atoms with van der Waals surface area (Å²) in [6, 6.07) is 6.57. The Kier molecular flexibility index (Phi) is 3.71. The van der Waals surface area contributed by atoms with E-state index in [9.17, 15) is 22.8 Å². The Morgan fingerprint density at radius 3 is 2.42 bits per heavy atom. The van der Waals surface area contributed by atoms with Crippen molar-refractivity contribution in [1.82, 2.24) is 5.01 Å². The Balaban J connectivity index is 1.63. The number of benzene rings is 2. The standard InChI is InChI=1S/C17H11F3N4O2/c18-11-4-2-1-3-9(11)8-23-15-14(21-22-23)16(25)24(17(15)26)10-5-6-12(19)13(20)7-10/h1-7,14-15H,8H2/t14-,15+/m1/s1. The van der Waals surface area contributed by atoms with Crippen molar-refractivity contribution >= 4 is 17.5 Å². The molecule has 0 spiro atoms. The lowest BCUT2D eigenvalue weighted by Crippen LogP contribution is -2.39. The number of anilines is 1. The molecule has 132 valence electrons. The van der Waals surface area contributed by atoms with Crippen molar-refractivity contribution in [3.63, 3.8) is 0 Å². The number of amides is 2. The first kappa shape index (κ1) is 16.2. The molecule has 2 aliphatic heterocycles. The fourth-order valence-corrected chi connectivity index (χ4v) is 3.03. The zero-order valence-electron chi connectivity index (χ0n) is 13.1. The van der Waals surface area contributed by atoms with E-state index in [4.69, 9.17) is 0 Å². The van der Waals surface area contributed by atoms with E-state index < -0.39 is 41.3 Å². The van der Waals surface area contributed by atoms with Crippen LogP contribution in [-0.4, -0.2) is 28.9 Å². The minimum atomic E-state index is -1.18. The van der Waals surface area contributed by atoms with Crippen molar-refractivity contribution in [2.75, 3.05) is 4.90 Å². The number of carbonyl (C=O) groups excluding carboxylic acids is 2. The molecule has 0 unspecified atom stereocenters. The maximum absolute atomic E-state index is 13.8. The van der Waals surface area contributed by atoms with Gasteiger partial charge in [0.2, 0.25) is 0 Å². The quantitative estimate of drug-likeness (QED) is 0.791. The van der Waals surface area contributed by atoms with Crippen LogP contribution in [-0.2, 0) is 16.1 Å². The number of nitrogens with zero attached hydrogens (tertiary/aromatic N) is 4. The van der Waals surface area contributed by atoms with Crippen LogP contribution in [0.2, 0.25) is 0 Å². The third-order valence-electron chi connectivity index (χ3n) is 4.31. The Morgan fingerprint density at radius 2 is 1.69 bits per heavy atom. The molecular formula is C17H11F3N4O2. The van der Waals surface area contributed by atoms with E-state index in [1.165, 1.54) is 23.2 Å². The predicted octanol–water partition coefficient (Wildman–Crippen LogP) is 2.60. The van der Waals surface area contributed by atoms with Gasteiger partial charge in [-0.2, -0.15) is 5.11 Å². The van der Waals surface area contributed by atoms with E-state index in [1.807, 2.05) is 0 Å². The Morgan fingerprint density at radius 1 is 0.923 bits per heavy atom. The molecule has 0 N–H and O–H groups in total. The average Bonchev–Trinajstić information content (AvgIpc) is 3.13. The Hall–Kier alpha value is -3.23. The number of hydrogen-bond acceptors (Lipinski definition) is 5. The average molecular weight is 360 g/mol. The molecule has 6 nitrogen and oxygen atoms in total. The zero-order valence-corrected chi connectivity index (χ0v) is 13.1. The van der Waals surface area contributed by atoms with Crippen molar-refractivity contribution < 1.29 is 22.8 Å². The van der Waals surface area contributed by atoms with Crippen molar-refractivity contribution in [2.24, 2.45) is 10.3 Å². The van der Waals surface area contributed by atoms with Gasteiger partial charge in [-0.3, -0.25) is 14.6 Å². The van der Waals surface area contributed by atoms with Crippen LogP contribution in [0.25, 0.3) is 0 Å². The number of fused-ring (bicyclic) bond motifs is 1. The second-order valence-corrected chi connectivity index (χ2v) is 5.89. The fraction of sp³-hybridized carbons (Fsp3) is 0.176. The number of imide groups is 1. The minimum absolute atomic E-state index is 0.0536. The van der Waals surface area contributed by atoms with Gasteiger partial charge in [0.1, 0.15) is 5.82 Å². The van der Waals surface area contributed by atoms with E-state index in [-0.39, 0.29) is 12.2 Å². The minimum Gasteiger partial charge on any atom is -0.271 e. The molecule has 0 saturated carbocycles. The van der Waals surface area contributed by atoms with Gasteiger partial charge in [0.25, 0.3) is 11.8 Å². The molecule has 2 aromatic carbocycles. The second kappa shape index (κ2) is 5.94. The van der Waals surface area contributed by atoms with Crippen LogP contribution in [0.15, 0.2) is 52.8 Å². The van der Waals surface area contributed by atoms with Gasteiger partial charge in [0, 0.05) is 11.6 Å². The lowest BCUT2D eigenvalue weighted by Gasteiger charge is -2.20. The lowest BCUT2D eigenvalue weighted by atomic mass is 10.1. The van der Waals surface area contributed by atoms with Gasteiger partial charge in [-0.1, -0.05) is 23.4 Å². The highest BCUT2D eigenvalue weighted by Crippen LogP contribution is 2.33. The Bertz CT molecular complexity index is 949. The number of halogens is 3. The topological polar surface area (TPSA) is 65.3 Å². The molecule has 0 aliphatic carbocycles. The van der Waals surface area contributed by atoms with Gasteiger partial charge in [0.15, 0.2) is 23.7 Å². The summed E-state index contributed by atoms with van der Waals surface area (Å²) in [5.41, 5.74) is 0.202. The van der Waals surface area contributed by atoms with Gasteiger partial charge in [-0.25, -0.2) is 18.1 Å². The number of rotatable bonds is 3. The highest BCUT2D eigenvalue weighted by molar-refractivity contribution is 6.25. The molecule has 2 amide bonds. The monoisotopic (exact) mass is 360 g/mol. The second-order valence-electron chi connectivity index (χ2n) is 5.89. The molecule has 2 aromatic rings. The predicted molar refractivity (Wildman–Crippen MR) is 83.2 cm³/mol. The first-order valence-corrected chi connectivity index (χ1v) is 7.71. The van der Waals surface area contributed by atoms with Gasteiger partial charge in [0.05, 0.1) is 12.2 Å². The van der Waals surface area contributed by atoms with Crippen molar-refractivity contribution in [3.05, 3.63) is 65.5 Å². The van der Waals surface area contributed by atoms with Gasteiger partial charge < -0.3 is 0 Å². The third kappa shape index (κ3) is 2.43. The first-order chi connectivity index (χ1) is 12.5. The maximum atomic E-state index is 13.8. The highest BCUT2D eigenvalue weighted by Gasteiger charge is 2.54. The van der Waals surface area contributed by atoms with E-state index in [0.29, 0.717) is 5.56 Å². The number of carbonyl (C=O) groups is 2. The van der Waals surface area contributed by atoms with E-state index >= 15 is 0 Å². The van der Waals surface area contributed by atoms with Crippen LogP contribution in [0.3, 0.4) is 0 Å². The highest BCUT2D eigenvalue weighted by atomic mass is 19.2. The largest absolute Gasteiger partial charge is 0.271 e. The van der Waals surface area contributed by atoms with E-state index in [0.717, 1.165) is 23.1 Å². The van der Waals surface area contributed by atoms with Crippen LogP contribution in [0.5, 0.6) is 0 Å². The summed E-state index contributed by atoms with van der Waals surface area (Å²) in [4.78, 5) is 26.0.